The highest BCUT2D eigenvalue weighted by molar-refractivity contribution is 6.30. The van der Waals surface area contributed by atoms with Crippen LogP contribution in [0.25, 0.3) is 10.9 Å². The van der Waals surface area contributed by atoms with Gasteiger partial charge in [0, 0.05) is 27.0 Å². The minimum atomic E-state index is -0.298. The van der Waals surface area contributed by atoms with Gasteiger partial charge < -0.3 is 4.98 Å². The molecule has 0 aliphatic heterocycles. The standard InChI is InChI=1S/C16H13ClN2O2/c17-12-7-5-11(6-8-12)15(10-19(20)21)14-9-18-16-4-2-1-3-13(14)16/h1-9,15,18H,10H2/t15-/m1/s1. The van der Waals surface area contributed by atoms with E-state index >= 15 is 0 Å². The Balaban J connectivity index is 2.11. The molecule has 0 fully saturated rings. The summed E-state index contributed by atoms with van der Waals surface area (Å²) in [6.07, 6.45) is 1.85. The zero-order chi connectivity index (χ0) is 14.8. The molecule has 1 aromatic heterocycles. The maximum absolute atomic E-state index is 11.1. The van der Waals surface area contributed by atoms with Crippen LogP contribution in [0, 0.1) is 10.1 Å². The van der Waals surface area contributed by atoms with E-state index in [4.69, 9.17) is 11.6 Å². The maximum atomic E-state index is 11.1. The Morgan fingerprint density at radius 3 is 2.57 bits per heavy atom. The van der Waals surface area contributed by atoms with Crippen molar-refractivity contribution >= 4 is 22.5 Å². The summed E-state index contributed by atoms with van der Waals surface area (Å²) >= 11 is 5.90. The molecule has 0 saturated heterocycles. The number of fused-ring (bicyclic) bond motifs is 1. The Labute approximate surface area is 126 Å². The summed E-state index contributed by atoms with van der Waals surface area (Å²) in [4.78, 5) is 13.9. The smallest absolute Gasteiger partial charge is 0.214 e. The highest BCUT2D eigenvalue weighted by Crippen LogP contribution is 2.31. The van der Waals surface area contributed by atoms with Gasteiger partial charge in [-0.1, -0.05) is 41.9 Å². The molecule has 0 unspecified atom stereocenters. The van der Waals surface area contributed by atoms with Gasteiger partial charge in [0.15, 0.2) is 0 Å². The van der Waals surface area contributed by atoms with Crippen LogP contribution < -0.4 is 0 Å². The number of aromatic amines is 1. The van der Waals surface area contributed by atoms with Gasteiger partial charge >= 0.3 is 0 Å². The molecule has 0 aliphatic carbocycles. The first-order valence-corrected chi connectivity index (χ1v) is 6.96. The van der Waals surface area contributed by atoms with Crippen molar-refractivity contribution in [3.05, 3.63) is 81.0 Å². The molecule has 1 N–H and O–H groups in total. The van der Waals surface area contributed by atoms with Crippen molar-refractivity contribution in [3.8, 4) is 0 Å². The van der Waals surface area contributed by atoms with E-state index < -0.39 is 0 Å². The first-order valence-electron chi connectivity index (χ1n) is 6.58. The van der Waals surface area contributed by atoms with Gasteiger partial charge in [0.25, 0.3) is 0 Å². The molecule has 2 aromatic carbocycles. The molecule has 5 heteroatoms. The highest BCUT2D eigenvalue weighted by atomic mass is 35.5. The number of hydrogen-bond donors (Lipinski definition) is 1. The number of benzene rings is 2. The second-order valence-electron chi connectivity index (χ2n) is 4.91. The lowest BCUT2D eigenvalue weighted by Crippen LogP contribution is -2.13. The molecule has 106 valence electrons. The summed E-state index contributed by atoms with van der Waals surface area (Å²) in [6, 6.07) is 15.0. The third-order valence-electron chi connectivity index (χ3n) is 3.60. The normalized spacial score (nSPS) is 12.4. The third kappa shape index (κ3) is 2.76. The summed E-state index contributed by atoms with van der Waals surface area (Å²) in [5.74, 6) is -0.298. The molecule has 21 heavy (non-hydrogen) atoms. The van der Waals surface area contributed by atoms with Gasteiger partial charge in [-0.25, -0.2) is 0 Å². The molecular weight excluding hydrogens is 288 g/mol. The molecule has 0 radical (unpaired) electrons. The van der Waals surface area contributed by atoms with Crippen molar-refractivity contribution in [2.45, 2.75) is 5.92 Å². The van der Waals surface area contributed by atoms with Crippen molar-refractivity contribution < 1.29 is 4.92 Å². The summed E-state index contributed by atoms with van der Waals surface area (Å²) in [6.45, 7) is -0.149. The van der Waals surface area contributed by atoms with E-state index in [1.54, 1.807) is 12.1 Å². The Morgan fingerprint density at radius 1 is 1.14 bits per heavy atom. The third-order valence-corrected chi connectivity index (χ3v) is 3.85. The van der Waals surface area contributed by atoms with E-state index in [0.717, 1.165) is 22.0 Å². The van der Waals surface area contributed by atoms with Crippen molar-refractivity contribution in [1.82, 2.24) is 4.98 Å². The SMILES string of the molecule is O=[N+]([O-])C[C@H](c1ccc(Cl)cc1)c1c[nH]c2ccccc12. The van der Waals surface area contributed by atoms with Gasteiger partial charge in [-0.3, -0.25) is 10.1 Å². The fourth-order valence-corrected chi connectivity index (χ4v) is 2.74. The van der Waals surface area contributed by atoms with Crippen LogP contribution in [0.5, 0.6) is 0 Å². The minimum Gasteiger partial charge on any atom is -0.361 e. The van der Waals surface area contributed by atoms with Gasteiger partial charge in [0.05, 0.1) is 5.92 Å². The van der Waals surface area contributed by atoms with Crippen molar-refractivity contribution in [3.63, 3.8) is 0 Å². The minimum absolute atomic E-state index is 0.149. The number of H-pyrrole nitrogens is 1. The van der Waals surface area contributed by atoms with Crippen LogP contribution in [0.3, 0.4) is 0 Å². The molecule has 0 aliphatic rings. The molecule has 1 heterocycles. The number of para-hydroxylation sites is 1. The summed E-state index contributed by atoms with van der Waals surface area (Å²) in [5, 5.41) is 12.7. The van der Waals surface area contributed by atoms with E-state index in [1.165, 1.54) is 0 Å². The quantitative estimate of drug-likeness (QED) is 0.579. The number of hydrogen-bond acceptors (Lipinski definition) is 2. The lowest BCUT2D eigenvalue weighted by atomic mass is 9.91. The molecule has 0 bridgehead atoms. The Morgan fingerprint density at radius 2 is 1.86 bits per heavy atom. The number of halogens is 1. The molecule has 3 aromatic rings. The Hall–Kier alpha value is -2.33. The summed E-state index contributed by atoms with van der Waals surface area (Å²) in [7, 11) is 0. The molecule has 0 saturated carbocycles. The van der Waals surface area contributed by atoms with Gasteiger partial charge in [0.2, 0.25) is 6.54 Å². The average molecular weight is 301 g/mol. The number of rotatable bonds is 4. The van der Waals surface area contributed by atoms with E-state index in [0.29, 0.717) is 5.02 Å². The fraction of sp³-hybridized carbons (Fsp3) is 0.125. The van der Waals surface area contributed by atoms with Crippen molar-refractivity contribution in [2.24, 2.45) is 0 Å². The van der Waals surface area contributed by atoms with Crippen LogP contribution in [0.15, 0.2) is 54.7 Å². The number of nitrogens with one attached hydrogen (secondary N) is 1. The van der Waals surface area contributed by atoms with E-state index in [-0.39, 0.29) is 17.4 Å². The zero-order valence-corrected chi connectivity index (χ0v) is 11.9. The predicted molar refractivity (Wildman–Crippen MR) is 83.5 cm³/mol. The van der Waals surface area contributed by atoms with Crippen LogP contribution in [0.2, 0.25) is 5.02 Å². The van der Waals surface area contributed by atoms with Crippen molar-refractivity contribution in [1.29, 1.82) is 0 Å². The lowest BCUT2D eigenvalue weighted by Gasteiger charge is -2.13. The van der Waals surface area contributed by atoms with Crippen LogP contribution in [-0.2, 0) is 0 Å². The second-order valence-corrected chi connectivity index (χ2v) is 5.35. The first kappa shape index (κ1) is 13.6. The molecule has 1 atom stereocenters. The van der Waals surface area contributed by atoms with Gasteiger partial charge in [-0.2, -0.15) is 0 Å². The predicted octanol–water partition coefficient (Wildman–Crippen LogP) is 4.23. The van der Waals surface area contributed by atoms with Crippen LogP contribution >= 0.6 is 11.6 Å². The van der Waals surface area contributed by atoms with E-state index in [2.05, 4.69) is 4.98 Å². The molecule has 3 rings (SSSR count). The van der Waals surface area contributed by atoms with E-state index in [9.17, 15) is 10.1 Å². The highest BCUT2D eigenvalue weighted by Gasteiger charge is 2.23. The van der Waals surface area contributed by atoms with Crippen molar-refractivity contribution in [2.75, 3.05) is 6.54 Å². The zero-order valence-electron chi connectivity index (χ0n) is 11.1. The Bertz CT molecular complexity index is 780. The van der Waals surface area contributed by atoms with Crippen LogP contribution in [-0.4, -0.2) is 16.5 Å². The largest absolute Gasteiger partial charge is 0.361 e. The molecular formula is C16H13ClN2O2. The maximum Gasteiger partial charge on any atom is 0.214 e. The molecule has 4 nitrogen and oxygen atoms in total. The summed E-state index contributed by atoms with van der Waals surface area (Å²) in [5.41, 5.74) is 2.81. The van der Waals surface area contributed by atoms with Gasteiger partial charge in [0.1, 0.15) is 0 Å². The second kappa shape index (κ2) is 5.58. The van der Waals surface area contributed by atoms with E-state index in [1.807, 2.05) is 42.6 Å². The molecule has 0 spiro atoms. The number of nitro groups is 1. The Kier molecular flexibility index (Phi) is 3.62. The number of aromatic nitrogens is 1. The first-order chi connectivity index (χ1) is 10.1. The average Bonchev–Trinajstić information content (AvgIpc) is 2.89. The topological polar surface area (TPSA) is 58.9 Å². The fourth-order valence-electron chi connectivity index (χ4n) is 2.61. The van der Waals surface area contributed by atoms with Crippen LogP contribution in [0.4, 0.5) is 0 Å². The number of nitrogens with zero attached hydrogens (tertiary/aromatic N) is 1. The van der Waals surface area contributed by atoms with Gasteiger partial charge in [-0.15, -0.1) is 0 Å². The monoisotopic (exact) mass is 300 g/mol. The molecule has 0 amide bonds. The van der Waals surface area contributed by atoms with Gasteiger partial charge in [-0.05, 0) is 29.3 Å². The summed E-state index contributed by atoms with van der Waals surface area (Å²) < 4.78 is 0. The lowest BCUT2D eigenvalue weighted by molar-refractivity contribution is -0.481. The van der Waals surface area contributed by atoms with Crippen LogP contribution in [0.1, 0.15) is 17.0 Å².